The van der Waals surface area contributed by atoms with Crippen LogP contribution in [0.1, 0.15) is 6.42 Å². The molecule has 0 radical (unpaired) electrons. The van der Waals surface area contributed by atoms with Gasteiger partial charge in [0.2, 0.25) is 5.67 Å². The maximum absolute atomic E-state index is 13.9. The van der Waals surface area contributed by atoms with E-state index in [0.29, 0.717) is 0 Å². The summed E-state index contributed by atoms with van der Waals surface area (Å²) in [6, 6.07) is 0. The molecular formula is C9H3F11O2. The Morgan fingerprint density at radius 3 is 1.50 bits per heavy atom. The van der Waals surface area contributed by atoms with E-state index in [0.717, 1.165) is 0 Å². The topological polar surface area (TPSA) is 37.3 Å². The highest BCUT2D eigenvalue weighted by Gasteiger charge is 2.92. The first-order chi connectivity index (χ1) is 9.47. The molecule has 1 unspecified atom stereocenters. The SMILES string of the molecule is O=C(O)C(=C(F)F)C1(F)CC(F)(F)C(F)(F)C(F)(F)C1(F)F. The predicted molar refractivity (Wildman–Crippen MR) is 45.1 cm³/mol. The van der Waals surface area contributed by atoms with Gasteiger partial charge < -0.3 is 5.11 Å². The standard InChI is InChI=1S/C9H3F11O2/c10-3(11)2(4(21)22)5(12)1-6(13,14)8(17,18)9(19,20)7(5,15)16/h1H2,(H,21,22). The number of hydrogen-bond donors (Lipinski definition) is 1. The third-order valence-electron chi connectivity index (χ3n) is 3.01. The van der Waals surface area contributed by atoms with Crippen molar-refractivity contribution in [2.45, 2.75) is 35.8 Å². The lowest BCUT2D eigenvalue weighted by molar-refractivity contribution is -0.419. The molecule has 0 aromatic carbocycles. The quantitative estimate of drug-likeness (QED) is 0.605. The summed E-state index contributed by atoms with van der Waals surface area (Å²) >= 11 is 0. The minimum absolute atomic E-state index is 3.28. The number of carboxylic acid groups (broad SMARTS) is 1. The van der Waals surface area contributed by atoms with Crippen LogP contribution in [0.3, 0.4) is 0 Å². The summed E-state index contributed by atoms with van der Waals surface area (Å²) in [6.07, 6.45) is -7.42. The van der Waals surface area contributed by atoms with E-state index in [1.165, 1.54) is 0 Å². The largest absolute Gasteiger partial charge is 0.478 e. The molecule has 0 heterocycles. The first-order valence-corrected chi connectivity index (χ1v) is 4.96. The summed E-state index contributed by atoms with van der Waals surface area (Å²) in [7, 11) is 0. The lowest BCUT2D eigenvalue weighted by Gasteiger charge is -2.48. The molecule has 1 N–H and O–H groups in total. The smallest absolute Gasteiger partial charge is 0.381 e. The minimum atomic E-state index is -7.13. The van der Waals surface area contributed by atoms with E-state index in [1.807, 2.05) is 0 Å². The van der Waals surface area contributed by atoms with Crippen molar-refractivity contribution >= 4 is 5.97 Å². The van der Waals surface area contributed by atoms with Crippen molar-refractivity contribution in [1.82, 2.24) is 0 Å². The fourth-order valence-electron chi connectivity index (χ4n) is 1.85. The third kappa shape index (κ3) is 1.89. The average molecular weight is 352 g/mol. The molecule has 1 atom stereocenters. The fourth-order valence-corrected chi connectivity index (χ4v) is 1.85. The number of aliphatic carboxylic acids is 1. The Labute approximate surface area is 113 Å². The van der Waals surface area contributed by atoms with Crippen molar-refractivity contribution in [2.75, 3.05) is 0 Å². The zero-order valence-electron chi connectivity index (χ0n) is 9.72. The monoisotopic (exact) mass is 352 g/mol. The second kappa shape index (κ2) is 4.47. The Balaban J connectivity index is 3.78. The maximum Gasteiger partial charge on any atom is 0.381 e. The molecule has 1 aliphatic rings. The van der Waals surface area contributed by atoms with Crippen LogP contribution >= 0.6 is 0 Å². The van der Waals surface area contributed by atoms with E-state index >= 15 is 0 Å². The van der Waals surface area contributed by atoms with Crippen LogP contribution in [-0.2, 0) is 4.79 Å². The molecule has 2 nitrogen and oxygen atoms in total. The van der Waals surface area contributed by atoms with Crippen LogP contribution in [0.5, 0.6) is 0 Å². The van der Waals surface area contributed by atoms with E-state index < -0.39 is 53.4 Å². The van der Waals surface area contributed by atoms with Gasteiger partial charge in [-0.1, -0.05) is 0 Å². The van der Waals surface area contributed by atoms with Gasteiger partial charge >= 0.3 is 29.7 Å². The fraction of sp³-hybridized carbons (Fsp3) is 0.667. The van der Waals surface area contributed by atoms with Gasteiger partial charge in [0, 0.05) is 0 Å². The van der Waals surface area contributed by atoms with Gasteiger partial charge in [-0.15, -0.1) is 0 Å². The van der Waals surface area contributed by atoms with E-state index in [2.05, 4.69) is 0 Å². The Hall–Kier alpha value is -1.56. The maximum atomic E-state index is 13.9. The van der Waals surface area contributed by atoms with Crippen molar-refractivity contribution in [1.29, 1.82) is 0 Å². The molecule has 0 aromatic heterocycles. The van der Waals surface area contributed by atoms with Gasteiger partial charge in [-0.2, -0.15) is 43.9 Å². The molecule has 128 valence electrons. The van der Waals surface area contributed by atoms with Crippen LogP contribution < -0.4 is 0 Å². The van der Waals surface area contributed by atoms with Gasteiger partial charge in [0.25, 0.3) is 6.08 Å². The summed E-state index contributed by atoms with van der Waals surface area (Å²) in [5.74, 6) is -30.3. The van der Waals surface area contributed by atoms with Crippen LogP contribution in [0.25, 0.3) is 0 Å². The van der Waals surface area contributed by atoms with E-state index in [-0.39, 0.29) is 0 Å². The van der Waals surface area contributed by atoms with E-state index in [1.54, 1.807) is 0 Å². The lowest BCUT2D eigenvalue weighted by atomic mass is 9.72. The molecule has 1 saturated carbocycles. The first-order valence-electron chi connectivity index (χ1n) is 4.96. The highest BCUT2D eigenvalue weighted by Crippen LogP contribution is 2.66. The molecule has 22 heavy (non-hydrogen) atoms. The van der Waals surface area contributed by atoms with Gasteiger partial charge in [0.1, 0.15) is 5.57 Å². The zero-order chi connectivity index (χ0) is 17.9. The van der Waals surface area contributed by atoms with E-state index in [9.17, 15) is 53.1 Å². The summed E-state index contributed by atoms with van der Waals surface area (Å²) in [5, 5.41) is 8.18. The number of rotatable bonds is 2. The Kier molecular flexibility index (Phi) is 3.76. The minimum Gasteiger partial charge on any atom is -0.478 e. The third-order valence-corrected chi connectivity index (χ3v) is 3.01. The summed E-state index contributed by atoms with van der Waals surface area (Å²) in [5.41, 5.74) is -9.36. The molecule has 1 fully saturated rings. The average Bonchev–Trinajstić information content (AvgIpc) is 2.24. The normalized spacial score (nSPS) is 31.4. The number of carbonyl (C=O) groups is 1. The van der Waals surface area contributed by atoms with Gasteiger partial charge in [0.15, 0.2) is 0 Å². The first kappa shape index (κ1) is 18.5. The summed E-state index contributed by atoms with van der Waals surface area (Å²) < 4.78 is 142. The van der Waals surface area contributed by atoms with Gasteiger partial charge in [-0.3, -0.25) is 0 Å². The number of alkyl halides is 9. The summed E-state index contributed by atoms with van der Waals surface area (Å²) in [6.45, 7) is 0. The van der Waals surface area contributed by atoms with Crippen molar-refractivity contribution in [3.63, 3.8) is 0 Å². The molecule has 0 saturated heterocycles. The molecule has 0 aliphatic heterocycles. The van der Waals surface area contributed by atoms with Crippen LogP contribution in [-0.4, -0.2) is 40.4 Å². The highest BCUT2D eigenvalue weighted by atomic mass is 19.4. The van der Waals surface area contributed by atoms with Crippen molar-refractivity contribution < 1.29 is 58.2 Å². The molecule has 1 aliphatic carbocycles. The van der Waals surface area contributed by atoms with Gasteiger partial charge in [-0.05, 0) is 0 Å². The lowest BCUT2D eigenvalue weighted by Crippen LogP contribution is -2.75. The Morgan fingerprint density at radius 1 is 0.773 bits per heavy atom. The highest BCUT2D eigenvalue weighted by molar-refractivity contribution is 5.89. The van der Waals surface area contributed by atoms with Crippen molar-refractivity contribution in [3.05, 3.63) is 11.7 Å². The van der Waals surface area contributed by atoms with E-state index in [4.69, 9.17) is 5.11 Å². The molecule has 0 amide bonds. The Bertz CT molecular complexity index is 534. The van der Waals surface area contributed by atoms with Crippen molar-refractivity contribution in [3.8, 4) is 0 Å². The van der Waals surface area contributed by atoms with Crippen LogP contribution in [0.4, 0.5) is 48.3 Å². The Morgan fingerprint density at radius 2 is 1.18 bits per heavy atom. The second-order valence-electron chi connectivity index (χ2n) is 4.35. The van der Waals surface area contributed by atoms with Crippen LogP contribution in [0.15, 0.2) is 11.7 Å². The van der Waals surface area contributed by atoms with Gasteiger partial charge in [0.05, 0.1) is 6.42 Å². The number of halogens is 11. The van der Waals surface area contributed by atoms with Crippen molar-refractivity contribution in [2.24, 2.45) is 0 Å². The molecule has 0 spiro atoms. The number of hydrogen-bond acceptors (Lipinski definition) is 1. The molecule has 0 aromatic rings. The molecule has 0 bridgehead atoms. The second-order valence-corrected chi connectivity index (χ2v) is 4.35. The van der Waals surface area contributed by atoms with Crippen LogP contribution in [0.2, 0.25) is 0 Å². The van der Waals surface area contributed by atoms with Gasteiger partial charge in [-0.25, -0.2) is 9.18 Å². The molecule has 1 rings (SSSR count). The predicted octanol–water partition coefficient (Wildman–Crippen LogP) is 3.87. The molecular weight excluding hydrogens is 349 g/mol. The number of carboxylic acids is 1. The van der Waals surface area contributed by atoms with Crippen LogP contribution in [0, 0.1) is 0 Å². The zero-order valence-corrected chi connectivity index (χ0v) is 9.72. The summed E-state index contributed by atoms with van der Waals surface area (Å²) in [4.78, 5) is 10.3. The molecule has 13 heteroatoms.